The van der Waals surface area contributed by atoms with Gasteiger partial charge in [0.1, 0.15) is 0 Å². The SMILES string of the molecule is O=C(c1ccc(Cl)cc1)N1CCN(C(=O)c2cc(-c3cccs3)nc3ccccc23)CC1. The van der Waals surface area contributed by atoms with E-state index in [1.54, 1.807) is 40.5 Å². The first kappa shape index (κ1) is 20.7. The predicted octanol–water partition coefficient (Wildman–Crippen LogP) is 5.21. The Balaban J connectivity index is 1.37. The van der Waals surface area contributed by atoms with E-state index in [1.807, 2.05) is 52.7 Å². The molecule has 0 unspecified atom stereocenters. The van der Waals surface area contributed by atoms with Crippen molar-refractivity contribution in [3.05, 3.63) is 88.3 Å². The molecule has 0 N–H and O–H groups in total. The fourth-order valence-corrected chi connectivity index (χ4v) is 4.77. The van der Waals surface area contributed by atoms with Crippen molar-refractivity contribution >= 4 is 45.7 Å². The number of para-hydroxylation sites is 1. The van der Waals surface area contributed by atoms with Crippen LogP contribution in [0.5, 0.6) is 0 Å². The van der Waals surface area contributed by atoms with E-state index in [2.05, 4.69) is 0 Å². The highest BCUT2D eigenvalue weighted by atomic mass is 35.5. The number of nitrogens with zero attached hydrogens (tertiary/aromatic N) is 3. The zero-order valence-electron chi connectivity index (χ0n) is 17.2. The Hall–Kier alpha value is -3.22. The zero-order chi connectivity index (χ0) is 22.1. The first-order valence-corrected chi connectivity index (χ1v) is 11.6. The van der Waals surface area contributed by atoms with E-state index in [0.717, 1.165) is 21.5 Å². The molecule has 1 fully saturated rings. The highest BCUT2D eigenvalue weighted by molar-refractivity contribution is 7.13. The lowest BCUT2D eigenvalue weighted by Crippen LogP contribution is -2.50. The number of aromatic nitrogens is 1. The number of halogens is 1. The predicted molar refractivity (Wildman–Crippen MR) is 128 cm³/mol. The van der Waals surface area contributed by atoms with Crippen LogP contribution in [0.4, 0.5) is 0 Å². The lowest BCUT2D eigenvalue weighted by atomic mass is 10.1. The largest absolute Gasteiger partial charge is 0.335 e. The lowest BCUT2D eigenvalue weighted by Gasteiger charge is -2.35. The Kier molecular flexibility index (Phi) is 5.64. The van der Waals surface area contributed by atoms with Gasteiger partial charge in [-0.15, -0.1) is 11.3 Å². The third-order valence-electron chi connectivity index (χ3n) is 5.67. The summed E-state index contributed by atoms with van der Waals surface area (Å²) in [5.41, 5.74) is 2.86. The first-order valence-electron chi connectivity index (χ1n) is 10.4. The van der Waals surface area contributed by atoms with Crippen LogP contribution in [-0.2, 0) is 0 Å². The fourth-order valence-electron chi connectivity index (χ4n) is 3.96. The number of carbonyl (C=O) groups is 2. The molecule has 3 heterocycles. The molecular formula is C25H20ClN3O2S. The number of rotatable bonds is 3. The average molecular weight is 462 g/mol. The van der Waals surface area contributed by atoms with Crippen molar-refractivity contribution in [2.45, 2.75) is 0 Å². The topological polar surface area (TPSA) is 53.5 Å². The molecule has 1 saturated heterocycles. The molecule has 7 heteroatoms. The van der Waals surface area contributed by atoms with E-state index in [1.165, 1.54) is 0 Å². The van der Waals surface area contributed by atoms with Crippen molar-refractivity contribution in [2.75, 3.05) is 26.2 Å². The van der Waals surface area contributed by atoms with Crippen LogP contribution >= 0.6 is 22.9 Å². The van der Waals surface area contributed by atoms with Gasteiger partial charge in [-0.1, -0.05) is 35.9 Å². The standard InChI is InChI=1S/C25H20ClN3O2S/c26-18-9-7-17(8-10-18)24(30)28-11-13-29(14-12-28)25(31)20-16-22(23-6-3-15-32-23)27-21-5-2-1-4-19(20)21/h1-10,15-16H,11-14H2. The molecule has 2 amide bonds. The number of hydrogen-bond acceptors (Lipinski definition) is 4. The Labute approximate surface area is 194 Å². The van der Waals surface area contributed by atoms with Crippen LogP contribution in [0, 0.1) is 0 Å². The molecule has 0 spiro atoms. The Bertz CT molecular complexity index is 1280. The fraction of sp³-hybridized carbons (Fsp3) is 0.160. The number of carbonyl (C=O) groups excluding carboxylic acids is 2. The van der Waals surface area contributed by atoms with Gasteiger partial charge in [-0.3, -0.25) is 9.59 Å². The summed E-state index contributed by atoms with van der Waals surface area (Å²) in [6.45, 7) is 1.97. The van der Waals surface area contributed by atoms with E-state index < -0.39 is 0 Å². The van der Waals surface area contributed by atoms with Crippen LogP contribution in [0.25, 0.3) is 21.5 Å². The van der Waals surface area contributed by atoms with Crippen molar-refractivity contribution in [3.8, 4) is 10.6 Å². The van der Waals surface area contributed by atoms with E-state index >= 15 is 0 Å². The van der Waals surface area contributed by atoms with E-state index in [4.69, 9.17) is 16.6 Å². The summed E-state index contributed by atoms with van der Waals surface area (Å²) in [6.07, 6.45) is 0. The Morgan fingerprint density at radius 3 is 2.22 bits per heavy atom. The van der Waals surface area contributed by atoms with Crippen molar-refractivity contribution in [1.82, 2.24) is 14.8 Å². The molecule has 0 aliphatic carbocycles. The number of thiophene rings is 1. The Morgan fingerprint density at radius 2 is 1.53 bits per heavy atom. The van der Waals surface area contributed by atoms with Gasteiger partial charge in [-0.05, 0) is 47.8 Å². The number of pyridine rings is 1. The number of fused-ring (bicyclic) bond motifs is 1. The minimum absolute atomic E-state index is 0.0278. The van der Waals surface area contributed by atoms with Crippen LogP contribution < -0.4 is 0 Å². The van der Waals surface area contributed by atoms with Gasteiger partial charge in [0.15, 0.2) is 0 Å². The summed E-state index contributed by atoms with van der Waals surface area (Å²) < 4.78 is 0. The van der Waals surface area contributed by atoms with Gasteiger partial charge in [0.05, 0.1) is 21.7 Å². The molecule has 2 aromatic carbocycles. The van der Waals surface area contributed by atoms with Crippen molar-refractivity contribution in [1.29, 1.82) is 0 Å². The molecular weight excluding hydrogens is 442 g/mol. The average Bonchev–Trinajstić information content (AvgIpc) is 3.38. The maximum absolute atomic E-state index is 13.5. The molecule has 5 nitrogen and oxygen atoms in total. The number of piperazine rings is 1. The van der Waals surface area contributed by atoms with Crippen LogP contribution in [0.1, 0.15) is 20.7 Å². The quantitative estimate of drug-likeness (QED) is 0.420. The summed E-state index contributed by atoms with van der Waals surface area (Å²) in [6, 6.07) is 20.5. The van der Waals surface area contributed by atoms with Crippen molar-refractivity contribution < 1.29 is 9.59 Å². The van der Waals surface area contributed by atoms with Crippen LogP contribution in [0.15, 0.2) is 72.1 Å². The Morgan fingerprint density at radius 1 is 0.844 bits per heavy atom. The van der Waals surface area contributed by atoms with Gasteiger partial charge >= 0.3 is 0 Å². The minimum atomic E-state index is -0.0388. The maximum atomic E-state index is 13.5. The highest BCUT2D eigenvalue weighted by Gasteiger charge is 2.27. The van der Waals surface area contributed by atoms with Gasteiger partial charge in [-0.25, -0.2) is 4.98 Å². The molecule has 5 rings (SSSR count). The van der Waals surface area contributed by atoms with Gasteiger partial charge < -0.3 is 9.80 Å². The van der Waals surface area contributed by atoms with Crippen LogP contribution in [0.3, 0.4) is 0 Å². The summed E-state index contributed by atoms with van der Waals surface area (Å²) in [5.74, 6) is -0.0666. The molecule has 1 aliphatic rings. The number of benzene rings is 2. The number of hydrogen-bond donors (Lipinski definition) is 0. The van der Waals surface area contributed by atoms with Crippen molar-refractivity contribution in [3.63, 3.8) is 0 Å². The van der Waals surface area contributed by atoms with E-state index in [0.29, 0.717) is 42.3 Å². The molecule has 0 saturated carbocycles. The normalized spacial score (nSPS) is 14.0. The van der Waals surface area contributed by atoms with Gasteiger partial charge in [-0.2, -0.15) is 0 Å². The molecule has 32 heavy (non-hydrogen) atoms. The third-order valence-corrected chi connectivity index (χ3v) is 6.81. The second-order valence-corrected chi connectivity index (χ2v) is 9.02. The van der Waals surface area contributed by atoms with Gasteiger partial charge in [0, 0.05) is 42.2 Å². The van der Waals surface area contributed by atoms with Crippen LogP contribution in [0.2, 0.25) is 5.02 Å². The van der Waals surface area contributed by atoms with Gasteiger partial charge in [0.25, 0.3) is 11.8 Å². The molecule has 1 aliphatic heterocycles. The first-order chi connectivity index (χ1) is 15.6. The lowest BCUT2D eigenvalue weighted by molar-refractivity contribution is 0.0536. The second-order valence-electron chi connectivity index (χ2n) is 7.64. The molecule has 0 atom stereocenters. The second kappa shape index (κ2) is 8.73. The van der Waals surface area contributed by atoms with Crippen molar-refractivity contribution in [2.24, 2.45) is 0 Å². The summed E-state index contributed by atoms with van der Waals surface area (Å²) >= 11 is 7.53. The molecule has 0 bridgehead atoms. The zero-order valence-corrected chi connectivity index (χ0v) is 18.8. The summed E-state index contributed by atoms with van der Waals surface area (Å²) in [4.78, 5) is 35.7. The monoisotopic (exact) mass is 461 g/mol. The maximum Gasteiger partial charge on any atom is 0.254 e. The summed E-state index contributed by atoms with van der Waals surface area (Å²) in [7, 11) is 0. The smallest absolute Gasteiger partial charge is 0.254 e. The summed E-state index contributed by atoms with van der Waals surface area (Å²) in [5, 5.41) is 3.45. The van der Waals surface area contributed by atoms with Gasteiger partial charge in [0.2, 0.25) is 0 Å². The third kappa shape index (κ3) is 3.99. The van der Waals surface area contributed by atoms with E-state index in [9.17, 15) is 9.59 Å². The minimum Gasteiger partial charge on any atom is -0.335 e. The molecule has 160 valence electrons. The molecule has 0 radical (unpaired) electrons. The molecule has 4 aromatic rings. The molecule has 2 aromatic heterocycles. The van der Waals surface area contributed by atoms with Crippen LogP contribution in [-0.4, -0.2) is 52.8 Å². The van der Waals surface area contributed by atoms with E-state index in [-0.39, 0.29) is 11.8 Å². The number of amides is 2. The highest BCUT2D eigenvalue weighted by Crippen LogP contribution is 2.29.